The molecule has 1 aromatic carbocycles. The highest BCUT2D eigenvalue weighted by Crippen LogP contribution is 2.27. The van der Waals surface area contributed by atoms with Gasteiger partial charge in [-0.1, -0.05) is 0 Å². The number of rotatable bonds is 6. The number of aryl methyl sites for hydroxylation is 2. The predicted octanol–water partition coefficient (Wildman–Crippen LogP) is 1.08. The Morgan fingerprint density at radius 2 is 1.86 bits per heavy atom. The summed E-state index contributed by atoms with van der Waals surface area (Å²) in [5.41, 5.74) is 5.15. The van der Waals surface area contributed by atoms with Crippen LogP contribution in [0.2, 0.25) is 0 Å². The molecule has 0 fully saturated rings. The average molecular weight is 323 g/mol. The Bertz CT molecular complexity index is 662. The van der Waals surface area contributed by atoms with E-state index in [-0.39, 0.29) is 0 Å². The zero-order chi connectivity index (χ0) is 16.4. The van der Waals surface area contributed by atoms with Crippen molar-refractivity contribution in [2.24, 2.45) is 5.73 Å². The highest BCUT2D eigenvalue weighted by Gasteiger charge is 2.32. The summed E-state index contributed by atoms with van der Waals surface area (Å²) in [6.07, 6.45) is 0. The molecule has 0 saturated heterocycles. The summed E-state index contributed by atoms with van der Waals surface area (Å²) in [7, 11) is -4.45. The second-order valence-electron chi connectivity index (χ2n) is 4.55. The monoisotopic (exact) mass is 323 g/mol. The van der Waals surface area contributed by atoms with Crippen molar-refractivity contribution in [2.45, 2.75) is 24.7 Å². The lowest BCUT2D eigenvalue weighted by Gasteiger charge is -2.15. The summed E-state index contributed by atoms with van der Waals surface area (Å²) in [6, 6.07) is 2.17. The Balaban J connectivity index is 3.25. The van der Waals surface area contributed by atoms with E-state index in [0.717, 1.165) is 12.1 Å². The molecule has 0 aliphatic heterocycles. The summed E-state index contributed by atoms with van der Waals surface area (Å²) in [4.78, 5) is 9.41. The van der Waals surface area contributed by atoms with Crippen molar-refractivity contribution in [2.75, 3.05) is 13.1 Å². The Morgan fingerprint density at radius 3 is 2.33 bits per heavy atom. The summed E-state index contributed by atoms with van der Waals surface area (Å²) in [5, 5.41) is 10.9. The van der Waals surface area contributed by atoms with Gasteiger partial charge in [-0.3, -0.25) is 10.1 Å². The smallest absolute Gasteiger partial charge is 0.289 e. The molecule has 0 aliphatic rings. The van der Waals surface area contributed by atoms with Crippen molar-refractivity contribution >= 4 is 15.7 Å². The standard InChI is InChI=1S/C11H15F2N3O4S/c1-7-3-9(16(17)18)10(4-8(7)2)21(19,20)15-6-11(12,13)5-14/h3-4,15H,5-6,14H2,1-2H3. The van der Waals surface area contributed by atoms with Crippen molar-refractivity contribution in [1.29, 1.82) is 0 Å². The molecule has 1 aromatic rings. The van der Waals surface area contributed by atoms with Crippen LogP contribution in [0.5, 0.6) is 0 Å². The first kappa shape index (κ1) is 17.4. The molecule has 21 heavy (non-hydrogen) atoms. The molecule has 0 heterocycles. The second kappa shape index (κ2) is 6.00. The normalized spacial score (nSPS) is 12.4. The van der Waals surface area contributed by atoms with E-state index in [9.17, 15) is 27.3 Å². The van der Waals surface area contributed by atoms with Crippen LogP contribution in [0, 0.1) is 24.0 Å². The largest absolute Gasteiger partial charge is 0.325 e. The summed E-state index contributed by atoms with van der Waals surface area (Å²) >= 11 is 0. The Morgan fingerprint density at radius 1 is 1.33 bits per heavy atom. The SMILES string of the molecule is Cc1cc([N+](=O)[O-])c(S(=O)(=O)NCC(F)(F)CN)cc1C. The first-order valence-electron chi connectivity index (χ1n) is 5.83. The van der Waals surface area contributed by atoms with Crippen molar-refractivity contribution in [1.82, 2.24) is 4.72 Å². The number of alkyl halides is 2. The number of nitrogens with two attached hydrogens (primary N) is 1. The minimum Gasteiger partial charge on any atom is -0.325 e. The molecule has 1 rings (SSSR count). The van der Waals surface area contributed by atoms with Crippen LogP contribution in [0.15, 0.2) is 17.0 Å². The van der Waals surface area contributed by atoms with Crippen LogP contribution in [-0.2, 0) is 10.0 Å². The summed E-state index contributed by atoms with van der Waals surface area (Å²) in [6.45, 7) is 0.877. The lowest BCUT2D eigenvalue weighted by atomic mass is 10.1. The fourth-order valence-electron chi connectivity index (χ4n) is 1.48. The van der Waals surface area contributed by atoms with Crippen LogP contribution >= 0.6 is 0 Å². The number of nitro benzene ring substituents is 1. The fraction of sp³-hybridized carbons (Fsp3) is 0.455. The molecular formula is C11H15F2N3O4S. The van der Waals surface area contributed by atoms with E-state index >= 15 is 0 Å². The number of hydrogen-bond donors (Lipinski definition) is 2. The zero-order valence-electron chi connectivity index (χ0n) is 11.4. The highest BCUT2D eigenvalue weighted by atomic mass is 32.2. The van der Waals surface area contributed by atoms with Crippen molar-refractivity contribution in [3.05, 3.63) is 33.4 Å². The molecule has 0 unspecified atom stereocenters. The molecule has 0 bridgehead atoms. The zero-order valence-corrected chi connectivity index (χ0v) is 12.2. The van der Waals surface area contributed by atoms with Gasteiger partial charge < -0.3 is 5.73 Å². The van der Waals surface area contributed by atoms with Gasteiger partial charge in [0.1, 0.15) is 0 Å². The van der Waals surface area contributed by atoms with Crippen molar-refractivity contribution in [3.8, 4) is 0 Å². The van der Waals surface area contributed by atoms with E-state index in [4.69, 9.17) is 5.73 Å². The molecule has 7 nitrogen and oxygen atoms in total. The third-order valence-electron chi connectivity index (χ3n) is 2.88. The minimum atomic E-state index is -4.45. The number of sulfonamides is 1. The van der Waals surface area contributed by atoms with E-state index < -0.39 is 44.5 Å². The van der Waals surface area contributed by atoms with Crippen LogP contribution in [0.4, 0.5) is 14.5 Å². The molecule has 0 saturated carbocycles. The molecule has 10 heteroatoms. The molecular weight excluding hydrogens is 308 g/mol. The maximum Gasteiger partial charge on any atom is 0.289 e. The van der Waals surface area contributed by atoms with E-state index in [1.807, 2.05) is 0 Å². The number of nitrogens with zero attached hydrogens (tertiary/aromatic N) is 1. The van der Waals surface area contributed by atoms with Gasteiger partial charge in [-0.2, -0.15) is 0 Å². The van der Waals surface area contributed by atoms with E-state index in [2.05, 4.69) is 0 Å². The van der Waals surface area contributed by atoms with Crippen LogP contribution < -0.4 is 10.5 Å². The van der Waals surface area contributed by atoms with Crippen molar-refractivity contribution < 1.29 is 22.1 Å². The molecule has 118 valence electrons. The lowest BCUT2D eigenvalue weighted by Crippen LogP contribution is -2.41. The van der Waals surface area contributed by atoms with Gasteiger partial charge >= 0.3 is 0 Å². The maximum atomic E-state index is 13.0. The number of benzene rings is 1. The van der Waals surface area contributed by atoms with E-state index in [0.29, 0.717) is 11.1 Å². The number of nitro groups is 1. The minimum absolute atomic E-state index is 0.492. The van der Waals surface area contributed by atoms with Crippen LogP contribution in [0.1, 0.15) is 11.1 Å². The Kier molecular flexibility index (Phi) is 4.97. The number of halogens is 2. The number of nitrogens with one attached hydrogen (secondary N) is 1. The van der Waals surface area contributed by atoms with E-state index in [1.54, 1.807) is 18.6 Å². The van der Waals surface area contributed by atoms with Crippen molar-refractivity contribution in [3.63, 3.8) is 0 Å². The molecule has 0 radical (unpaired) electrons. The van der Waals surface area contributed by atoms with Gasteiger partial charge in [0.2, 0.25) is 10.0 Å². The van der Waals surface area contributed by atoms with Gasteiger partial charge in [-0.05, 0) is 31.0 Å². The third kappa shape index (κ3) is 4.16. The van der Waals surface area contributed by atoms with Gasteiger partial charge in [-0.25, -0.2) is 21.9 Å². The third-order valence-corrected chi connectivity index (χ3v) is 4.31. The molecule has 0 amide bonds. The predicted molar refractivity (Wildman–Crippen MR) is 71.8 cm³/mol. The first-order chi connectivity index (χ1) is 9.50. The fourth-order valence-corrected chi connectivity index (χ4v) is 2.78. The summed E-state index contributed by atoms with van der Waals surface area (Å²) < 4.78 is 51.7. The van der Waals surface area contributed by atoms with Crippen LogP contribution in [0.3, 0.4) is 0 Å². The second-order valence-corrected chi connectivity index (χ2v) is 6.28. The summed E-state index contributed by atoms with van der Waals surface area (Å²) in [5.74, 6) is -3.43. The van der Waals surface area contributed by atoms with E-state index in [1.165, 1.54) is 0 Å². The highest BCUT2D eigenvalue weighted by molar-refractivity contribution is 7.89. The quantitative estimate of drug-likeness (QED) is 0.600. The maximum absolute atomic E-state index is 13.0. The first-order valence-corrected chi connectivity index (χ1v) is 7.32. The van der Waals surface area contributed by atoms with Gasteiger partial charge in [0.25, 0.3) is 11.6 Å². The molecule has 0 aliphatic carbocycles. The van der Waals surface area contributed by atoms with Gasteiger partial charge in [-0.15, -0.1) is 0 Å². The molecule has 0 aromatic heterocycles. The van der Waals surface area contributed by atoms with Crippen LogP contribution in [-0.4, -0.2) is 32.4 Å². The molecule has 0 spiro atoms. The average Bonchev–Trinajstić information content (AvgIpc) is 2.39. The Labute approximate surface area is 120 Å². The number of hydrogen-bond acceptors (Lipinski definition) is 5. The Hall–Kier alpha value is -1.65. The molecule has 0 atom stereocenters. The topological polar surface area (TPSA) is 115 Å². The molecule has 3 N–H and O–H groups in total. The van der Waals surface area contributed by atoms with Gasteiger partial charge in [0.05, 0.1) is 18.0 Å². The van der Waals surface area contributed by atoms with Crippen LogP contribution in [0.25, 0.3) is 0 Å². The lowest BCUT2D eigenvalue weighted by molar-refractivity contribution is -0.387. The van der Waals surface area contributed by atoms with Gasteiger partial charge in [0.15, 0.2) is 4.90 Å². The van der Waals surface area contributed by atoms with Gasteiger partial charge in [0, 0.05) is 6.07 Å².